The number of carbonyl (C=O) groups excluding carboxylic acids is 2. The third kappa shape index (κ3) is 11.4. The molecule has 43 heavy (non-hydrogen) atoms. The quantitative estimate of drug-likeness (QED) is 0.166. The van der Waals surface area contributed by atoms with Crippen molar-refractivity contribution >= 4 is 17.6 Å². The van der Waals surface area contributed by atoms with Crippen LogP contribution in [0.3, 0.4) is 0 Å². The van der Waals surface area contributed by atoms with Gasteiger partial charge in [-0.05, 0) is 93.8 Å². The van der Waals surface area contributed by atoms with Crippen LogP contribution in [-0.2, 0) is 19.0 Å². The maximum atomic E-state index is 12.8. The van der Waals surface area contributed by atoms with Crippen LogP contribution in [0, 0.1) is 5.92 Å². The summed E-state index contributed by atoms with van der Waals surface area (Å²) in [6.45, 7) is 13.1. The molecular weight excluding hydrogens is 546 g/mol. The molecule has 0 aliphatic heterocycles. The van der Waals surface area contributed by atoms with Gasteiger partial charge in [0.1, 0.15) is 24.2 Å². The number of hydrogen-bond donors (Lipinski definition) is 1. The van der Waals surface area contributed by atoms with Crippen LogP contribution < -0.4 is 14.8 Å². The molecule has 0 aliphatic rings. The predicted molar refractivity (Wildman–Crippen MR) is 169 cm³/mol. The van der Waals surface area contributed by atoms with Gasteiger partial charge in [0.15, 0.2) is 0 Å². The highest BCUT2D eigenvalue weighted by atomic mass is 16.6. The van der Waals surface area contributed by atoms with Crippen molar-refractivity contribution in [3.63, 3.8) is 0 Å². The van der Waals surface area contributed by atoms with Gasteiger partial charge in [-0.25, -0.2) is 0 Å². The van der Waals surface area contributed by atoms with E-state index in [-0.39, 0.29) is 42.7 Å². The van der Waals surface area contributed by atoms with Crippen LogP contribution in [0.5, 0.6) is 11.5 Å². The summed E-state index contributed by atoms with van der Waals surface area (Å²) in [6.07, 6.45) is 0.178. The van der Waals surface area contributed by atoms with Gasteiger partial charge < -0.3 is 29.0 Å². The van der Waals surface area contributed by atoms with E-state index in [1.54, 1.807) is 24.3 Å². The van der Waals surface area contributed by atoms with Gasteiger partial charge in [-0.2, -0.15) is 0 Å². The van der Waals surface area contributed by atoms with Gasteiger partial charge in [-0.3, -0.25) is 9.59 Å². The summed E-state index contributed by atoms with van der Waals surface area (Å²) in [5.74, 6) is 0.981. The van der Waals surface area contributed by atoms with E-state index in [9.17, 15) is 9.59 Å². The summed E-state index contributed by atoms with van der Waals surface area (Å²) in [5, 5.41) is 2.94. The van der Waals surface area contributed by atoms with Crippen molar-refractivity contribution in [3.8, 4) is 22.6 Å². The zero-order chi connectivity index (χ0) is 31.2. The molecule has 232 valence electrons. The first-order valence-electron chi connectivity index (χ1n) is 15.0. The highest BCUT2D eigenvalue weighted by molar-refractivity contribution is 6.04. The number of ether oxygens (including phenoxy) is 5. The monoisotopic (exact) mass is 591 g/mol. The molecule has 0 bridgehead atoms. The van der Waals surface area contributed by atoms with Gasteiger partial charge in [-0.1, -0.05) is 38.1 Å². The standard InChI is InChI=1S/C35H45NO7/c1-7-24(3)35(38)42-22-26(5)40-21-25(4)41-23-27(6)43-33-19-13-30(14-20-33)34(37)36-31-15-9-28(10-16-31)29-11-17-32(18-12-29)39-8-2/h9-20,24-27H,7-8,21-23H2,1-6H3,(H,36,37). The fourth-order valence-corrected chi connectivity index (χ4v) is 4.01. The number of hydrogen-bond acceptors (Lipinski definition) is 7. The minimum absolute atomic E-state index is 0.107. The van der Waals surface area contributed by atoms with E-state index in [0.29, 0.717) is 36.8 Å². The number of benzene rings is 3. The molecule has 0 radical (unpaired) electrons. The molecule has 0 saturated heterocycles. The normalized spacial score (nSPS) is 13.8. The third-order valence-corrected chi connectivity index (χ3v) is 6.80. The van der Waals surface area contributed by atoms with E-state index in [1.165, 1.54) is 0 Å². The van der Waals surface area contributed by atoms with E-state index in [0.717, 1.165) is 23.3 Å². The number of rotatable bonds is 17. The molecule has 0 spiro atoms. The Balaban J connectivity index is 1.38. The summed E-state index contributed by atoms with van der Waals surface area (Å²) < 4.78 is 28.3. The van der Waals surface area contributed by atoms with Gasteiger partial charge in [0, 0.05) is 11.3 Å². The molecule has 0 saturated carbocycles. The fourth-order valence-electron chi connectivity index (χ4n) is 4.01. The maximum absolute atomic E-state index is 12.8. The molecule has 8 nitrogen and oxygen atoms in total. The number of esters is 1. The predicted octanol–water partition coefficient (Wildman–Crippen LogP) is 7.17. The maximum Gasteiger partial charge on any atom is 0.308 e. The van der Waals surface area contributed by atoms with Crippen LogP contribution in [0.25, 0.3) is 11.1 Å². The lowest BCUT2D eigenvalue weighted by Gasteiger charge is -2.21. The Morgan fingerprint density at radius 3 is 1.79 bits per heavy atom. The molecule has 8 heteroatoms. The lowest BCUT2D eigenvalue weighted by Crippen LogP contribution is -2.28. The molecule has 0 heterocycles. The number of carbonyl (C=O) groups is 2. The Labute approximate surface area is 255 Å². The van der Waals surface area contributed by atoms with Crippen molar-refractivity contribution in [2.45, 2.75) is 66.3 Å². The van der Waals surface area contributed by atoms with Gasteiger partial charge in [-0.15, -0.1) is 0 Å². The topological polar surface area (TPSA) is 92.3 Å². The van der Waals surface area contributed by atoms with Crippen LogP contribution in [0.2, 0.25) is 0 Å². The molecule has 4 unspecified atom stereocenters. The second-order valence-corrected chi connectivity index (χ2v) is 10.7. The molecule has 0 aromatic heterocycles. The zero-order valence-corrected chi connectivity index (χ0v) is 26.1. The second-order valence-electron chi connectivity index (χ2n) is 10.7. The van der Waals surface area contributed by atoms with Gasteiger partial charge in [0.25, 0.3) is 5.91 Å². The van der Waals surface area contributed by atoms with Crippen LogP contribution >= 0.6 is 0 Å². The van der Waals surface area contributed by atoms with E-state index in [1.807, 2.05) is 90.1 Å². The van der Waals surface area contributed by atoms with Crippen molar-refractivity contribution in [2.24, 2.45) is 5.92 Å². The van der Waals surface area contributed by atoms with Gasteiger partial charge >= 0.3 is 5.97 Å². The molecule has 1 N–H and O–H groups in total. The van der Waals surface area contributed by atoms with E-state index in [2.05, 4.69) is 5.32 Å². The van der Waals surface area contributed by atoms with Gasteiger partial charge in [0.2, 0.25) is 0 Å². The summed E-state index contributed by atoms with van der Waals surface area (Å²) in [7, 11) is 0. The molecule has 1 amide bonds. The Morgan fingerprint density at radius 1 is 0.674 bits per heavy atom. The highest BCUT2D eigenvalue weighted by Crippen LogP contribution is 2.24. The largest absolute Gasteiger partial charge is 0.494 e. The SMILES string of the molecule is CCOc1ccc(-c2ccc(NC(=O)c3ccc(OC(C)COC(C)COC(C)COC(=O)C(C)CC)cc3)cc2)cc1. The van der Waals surface area contributed by atoms with Crippen LogP contribution in [0.15, 0.2) is 72.8 Å². The van der Waals surface area contributed by atoms with Crippen molar-refractivity contribution in [2.75, 3.05) is 31.7 Å². The lowest BCUT2D eigenvalue weighted by molar-refractivity contribution is -0.152. The van der Waals surface area contributed by atoms with Gasteiger partial charge in [0.05, 0.1) is 37.9 Å². The van der Waals surface area contributed by atoms with E-state index >= 15 is 0 Å². The van der Waals surface area contributed by atoms with Crippen molar-refractivity contribution in [3.05, 3.63) is 78.4 Å². The molecule has 0 aliphatic carbocycles. The van der Waals surface area contributed by atoms with Crippen LogP contribution in [0.4, 0.5) is 5.69 Å². The fraction of sp³-hybridized carbons (Fsp3) is 0.429. The van der Waals surface area contributed by atoms with Crippen LogP contribution in [-0.4, -0.2) is 56.6 Å². The molecule has 4 atom stereocenters. The zero-order valence-electron chi connectivity index (χ0n) is 26.1. The minimum atomic E-state index is -0.216. The van der Waals surface area contributed by atoms with Crippen molar-refractivity contribution in [1.82, 2.24) is 0 Å². The summed E-state index contributed by atoms with van der Waals surface area (Å²) >= 11 is 0. The molecule has 3 aromatic rings. The first-order valence-corrected chi connectivity index (χ1v) is 15.0. The minimum Gasteiger partial charge on any atom is -0.494 e. The van der Waals surface area contributed by atoms with E-state index < -0.39 is 0 Å². The lowest BCUT2D eigenvalue weighted by atomic mass is 10.1. The molecule has 0 fully saturated rings. The number of amides is 1. The summed E-state index contributed by atoms with van der Waals surface area (Å²) in [5.41, 5.74) is 3.37. The summed E-state index contributed by atoms with van der Waals surface area (Å²) in [6, 6.07) is 22.7. The summed E-state index contributed by atoms with van der Waals surface area (Å²) in [4.78, 5) is 24.6. The molecule has 3 aromatic carbocycles. The Bertz CT molecular complexity index is 1260. The third-order valence-electron chi connectivity index (χ3n) is 6.80. The smallest absolute Gasteiger partial charge is 0.308 e. The Morgan fingerprint density at radius 2 is 1.21 bits per heavy atom. The average molecular weight is 592 g/mol. The van der Waals surface area contributed by atoms with Crippen molar-refractivity contribution < 1.29 is 33.3 Å². The average Bonchev–Trinajstić information content (AvgIpc) is 3.02. The number of anilines is 1. The molecular formula is C35H45NO7. The first kappa shape index (κ1) is 33.6. The Kier molecular flexibility index (Phi) is 13.5. The highest BCUT2D eigenvalue weighted by Gasteiger charge is 2.15. The van der Waals surface area contributed by atoms with E-state index in [4.69, 9.17) is 23.7 Å². The van der Waals surface area contributed by atoms with Crippen LogP contribution in [0.1, 0.15) is 58.3 Å². The first-order chi connectivity index (χ1) is 20.7. The second kappa shape index (κ2) is 17.3. The van der Waals surface area contributed by atoms with Crippen molar-refractivity contribution in [1.29, 1.82) is 0 Å². The Hall–Kier alpha value is -3.88. The molecule has 3 rings (SSSR count). The number of nitrogens with one attached hydrogen (secondary N) is 1.